The Morgan fingerprint density at radius 3 is 2.48 bits per heavy atom. The lowest BCUT2D eigenvalue weighted by atomic mass is 10.1. The number of piperazine rings is 1. The minimum atomic E-state index is -4.48. The highest BCUT2D eigenvalue weighted by atomic mass is 19.4. The summed E-state index contributed by atoms with van der Waals surface area (Å²) in [6, 6.07) is 4.32. The smallest absolute Gasteiger partial charge is 0.416 e. The van der Waals surface area contributed by atoms with Crippen molar-refractivity contribution in [3.05, 3.63) is 35.4 Å². The molecular formula is C16H20F3N3O3. The molecule has 1 aromatic rings. The second-order valence-corrected chi connectivity index (χ2v) is 5.63. The van der Waals surface area contributed by atoms with Crippen LogP contribution in [-0.2, 0) is 10.9 Å². The van der Waals surface area contributed by atoms with Crippen LogP contribution in [-0.4, -0.2) is 68.2 Å². The van der Waals surface area contributed by atoms with Gasteiger partial charge in [-0.3, -0.25) is 9.69 Å². The van der Waals surface area contributed by atoms with Gasteiger partial charge in [0.05, 0.1) is 12.7 Å². The highest BCUT2D eigenvalue weighted by molar-refractivity contribution is 5.94. The first kappa shape index (κ1) is 19.0. The third-order valence-electron chi connectivity index (χ3n) is 3.97. The predicted molar refractivity (Wildman–Crippen MR) is 84.2 cm³/mol. The number of ether oxygens (including phenoxy) is 1. The fourth-order valence-electron chi connectivity index (χ4n) is 2.55. The number of carbonyl (C=O) groups is 2. The van der Waals surface area contributed by atoms with E-state index in [0.29, 0.717) is 39.3 Å². The van der Waals surface area contributed by atoms with E-state index in [-0.39, 0.29) is 11.7 Å². The van der Waals surface area contributed by atoms with Crippen LogP contribution >= 0.6 is 0 Å². The van der Waals surface area contributed by atoms with Gasteiger partial charge >= 0.3 is 12.3 Å². The number of hydrogen-bond acceptors (Lipinski definition) is 4. The normalized spacial score (nSPS) is 15.8. The van der Waals surface area contributed by atoms with Crippen LogP contribution in [0.1, 0.15) is 15.9 Å². The van der Waals surface area contributed by atoms with Gasteiger partial charge in [-0.25, -0.2) is 4.79 Å². The number of halogens is 3. The lowest BCUT2D eigenvalue weighted by molar-refractivity contribution is -0.137. The molecule has 0 unspecified atom stereocenters. The maximum Gasteiger partial charge on any atom is 0.416 e. The lowest BCUT2D eigenvalue weighted by Gasteiger charge is -2.33. The summed E-state index contributed by atoms with van der Waals surface area (Å²) in [5, 5.41) is 2.62. The van der Waals surface area contributed by atoms with E-state index in [1.165, 1.54) is 19.2 Å². The van der Waals surface area contributed by atoms with E-state index in [9.17, 15) is 22.8 Å². The van der Waals surface area contributed by atoms with Crippen molar-refractivity contribution in [1.82, 2.24) is 15.1 Å². The van der Waals surface area contributed by atoms with Crippen LogP contribution in [0.25, 0.3) is 0 Å². The van der Waals surface area contributed by atoms with E-state index in [2.05, 4.69) is 15.0 Å². The summed E-state index contributed by atoms with van der Waals surface area (Å²) < 4.78 is 42.6. The maximum absolute atomic E-state index is 12.7. The average Bonchev–Trinajstić information content (AvgIpc) is 2.61. The van der Waals surface area contributed by atoms with Crippen molar-refractivity contribution in [3.63, 3.8) is 0 Å². The van der Waals surface area contributed by atoms with E-state index < -0.39 is 17.6 Å². The van der Waals surface area contributed by atoms with E-state index in [0.717, 1.165) is 12.1 Å². The molecule has 9 heteroatoms. The molecular weight excluding hydrogens is 339 g/mol. The number of alkyl halides is 3. The summed E-state index contributed by atoms with van der Waals surface area (Å²) in [5.41, 5.74) is -0.871. The highest BCUT2D eigenvalue weighted by Gasteiger charge is 2.30. The number of rotatable bonds is 4. The van der Waals surface area contributed by atoms with Gasteiger partial charge in [0.15, 0.2) is 0 Å². The first-order chi connectivity index (χ1) is 11.8. The molecule has 25 heavy (non-hydrogen) atoms. The Morgan fingerprint density at radius 1 is 1.20 bits per heavy atom. The zero-order valence-electron chi connectivity index (χ0n) is 13.8. The zero-order valence-corrected chi connectivity index (χ0v) is 13.8. The van der Waals surface area contributed by atoms with Crippen molar-refractivity contribution in [2.45, 2.75) is 6.18 Å². The Balaban J connectivity index is 1.77. The summed E-state index contributed by atoms with van der Waals surface area (Å²) >= 11 is 0. The Labute approximate surface area is 143 Å². The predicted octanol–water partition coefficient (Wildman–Crippen LogP) is 1.82. The van der Waals surface area contributed by atoms with Gasteiger partial charge in [-0.2, -0.15) is 13.2 Å². The molecule has 0 bridgehead atoms. The Bertz CT molecular complexity index is 614. The number of hydrogen-bond donors (Lipinski definition) is 1. The van der Waals surface area contributed by atoms with Crippen molar-refractivity contribution in [3.8, 4) is 0 Å². The maximum atomic E-state index is 12.7. The topological polar surface area (TPSA) is 61.9 Å². The van der Waals surface area contributed by atoms with Crippen molar-refractivity contribution < 1.29 is 27.5 Å². The van der Waals surface area contributed by atoms with Crippen molar-refractivity contribution in [2.24, 2.45) is 0 Å². The first-order valence-electron chi connectivity index (χ1n) is 7.82. The Kier molecular flexibility index (Phi) is 6.24. The molecule has 0 aliphatic carbocycles. The standard InChI is InChI=1S/C16H20F3N3O3/c1-25-15(24)22-9-7-21(8-10-22)6-5-20-14(23)12-3-2-4-13(11-12)16(17,18)19/h2-4,11H,5-10H2,1H3,(H,20,23). The molecule has 0 aromatic heterocycles. The minimum absolute atomic E-state index is 0.0228. The van der Waals surface area contributed by atoms with Crippen molar-refractivity contribution >= 4 is 12.0 Å². The number of methoxy groups -OCH3 is 1. The second-order valence-electron chi connectivity index (χ2n) is 5.63. The summed E-state index contributed by atoms with van der Waals surface area (Å²) in [5.74, 6) is -0.542. The molecule has 1 aromatic carbocycles. The van der Waals surface area contributed by atoms with Crippen LogP contribution in [0, 0.1) is 0 Å². The van der Waals surface area contributed by atoms with Crippen LogP contribution in [0.5, 0.6) is 0 Å². The van der Waals surface area contributed by atoms with Gasteiger partial charge < -0.3 is 15.0 Å². The van der Waals surface area contributed by atoms with Gasteiger partial charge in [-0.1, -0.05) is 6.07 Å². The molecule has 6 nitrogen and oxygen atoms in total. The molecule has 1 heterocycles. The molecule has 2 rings (SSSR count). The SMILES string of the molecule is COC(=O)N1CCN(CCNC(=O)c2cccc(C(F)(F)F)c2)CC1. The molecule has 2 amide bonds. The van der Waals surface area contributed by atoms with Crippen LogP contribution in [0.3, 0.4) is 0 Å². The van der Waals surface area contributed by atoms with Gasteiger partial charge in [0.25, 0.3) is 5.91 Å². The first-order valence-corrected chi connectivity index (χ1v) is 7.82. The number of carbonyl (C=O) groups excluding carboxylic acids is 2. The molecule has 0 saturated carbocycles. The second kappa shape index (κ2) is 8.19. The lowest BCUT2D eigenvalue weighted by Crippen LogP contribution is -2.50. The van der Waals surface area contributed by atoms with Gasteiger partial charge in [-0.05, 0) is 18.2 Å². The summed E-state index contributed by atoms with van der Waals surface area (Å²) in [4.78, 5) is 27.0. The van der Waals surface area contributed by atoms with E-state index in [1.54, 1.807) is 4.90 Å². The Morgan fingerprint density at radius 2 is 1.88 bits per heavy atom. The molecule has 138 valence electrons. The monoisotopic (exact) mass is 359 g/mol. The number of nitrogens with one attached hydrogen (secondary N) is 1. The van der Waals surface area contributed by atoms with Crippen LogP contribution in [0.2, 0.25) is 0 Å². The number of nitrogens with zero attached hydrogens (tertiary/aromatic N) is 2. The van der Waals surface area contributed by atoms with E-state index in [4.69, 9.17) is 0 Å². The molecule has 0 spiro atoms. The van der Waals surface area contributed by atoms with Gasteiger partial charge in [0, 0.05) is 44.8 Å². The molecule has 1 aliphatic rings. The van der Waals surface area contributed by atoms with Crippen LogP contribution in [0.15, 0.2) is 24.3 Å². The number of benzene rings is 1. The molecule has 0 atom stereocenters. The van der Waals surface area contributed by atoms with Gasteiger partial charge in [0.2, 0.25) is 0 Å². The quantitative estimate of drug-likeness (QED) is 0.891. The minimum Gasteiger partial charge on any atom is -0.453 e. The number of amides is 2. The van der Waals surface area contributed by atoms with Gasteiger partial charge in [-0.15, -0.1) is 0 Å². The Hall–Kier alpha value is -2.29. The molecule has 0 radical (unpaired) electrons. The average molecular weight is 359 g/mol. The van der Waals surface area contributed by atoms with E-state index >= 15 is 0 Å². The van der Waals surface area contributed by atoms with Crippen LogP contribution in [0.4, 0.5) is 18.0 Å². The summed E-state index contributed by atoms with van der Waals surface area (Å²) in [6.45, 7) is 3.23. The van der Waals surface area contributed by atoms with Crippen molar-refractivity contribution in [1.29, 1.82) is 0 Å². The molecule has 1 saturated heterocycles. The zero-order chi connectivity index (χ0) is 18.4. The van der Waals surface area contributed by atoms with Crippen molar-refractivity contribution in [2.75, 3.05) is 46.4 Å². The fraction of sp³-hybridized carbons (Fsp3) is 0.500. The third kappa shape index (κ3) is 5.35. The molecule has 1 fully saturated rings. The van der Waals surface area contributed by atoms with E-state index in [1.807, 2.05) is 0 Å². The fourth-order valence-corrected chi connectivity index (χ4v) is 2.55. The summed E-state index contributed by atoms with van der Waals surface area (Å²) in [6.07, 6.45) is -4.84. The van der Waals surface area contributed by atoms with Crippen LogP contribution < -0.4 is 5.32 Å². The summed E-state index contributed by atoms with van der Waals surface area (Å²) in [7, 11) is 1.33. The molecule has 1 aliphatic heterocycles. The molecule has 1 N–H and O–H groups in total. The highest BCUT2D eigenvalue weighted by Crippen LogP contribution is 2.29. The third-order valence-corrected chi connectivity index (χ3v) is 3.97. The van der Waals surface area contributed by atoms with Gasteiger partial charge in [0.1, 0.15) is 0 Å². The largest absolute Gasteiger partial charge is 0.453 e.